The summed E-state index contributed by atoms with van der Waals surface area (Å²) in [6, 6.07) is 5.07. The lowest BCUT2D eigenvalue weighted by Crippen LogP contribution is -2.20. The van der Waals surface area contributed by atoms with E-state index in [9.17, 15) is 4.79 Å². The van der Waals surface area contributed by atoms with Crippen LogP contribution in [0, 0.1) is 0 Å². The van der Waals surface area contributed by atoms with Crippen LogP contribution in [0.1, 0.15) is 5.56 Å². The van der Waals surface area contributed by atoms with Crippen LogP contribution in [0.15, 0.2) is 23.3 Å². The van der Waals surface area contributed by atoms with Gasteiger partial charge in [0.2, 0.25) is 0 Å². The molecule has 1 amide bonds. The molecule has 0 atom stereocenters. The van der Waals surface area contributed by atoms with Crippen molar-refractivity contribution in [3.05, 3.63) is 23.8 Å². The Kier molecular flexibility index (Phi) is 4.14. The maximum absolute atomic E-state index is 10.6. The first-order valence-electron chi connectivity index (χ1n) is 4.49. The van der Waals surface area contributed by atoms with Crippen molar-refractivity contribution in [2.45, 2.75) is 0 Å². The summed E-state index contributed by atoms with van der Waals surface area (Å²) in [7, 11) is 1.50. The van der Waals surface area contributed by atoms with Gasteiger partial charge in [-0.3, -0.25) is 4.79 Å². The molecule has 16 heavy (non-hydrogen) atoms. The number of amides is 1. The number of carbonyl (C=O) groups excluding carboxylic acids is 1. The first-order chi connectivity index (χ1) is 7.67. The monoisotopic (exact) mass is 223 g/mol. The highest BCUT2D eigenvalue weighted by Gasteiger charge is 2.06. The zero-order valence-corrected chi connectivity index (χ0v) is 8.84. The van der Waals surface area contributed by atoms with Gasteiger partial charge in [-0.2, -0.15) is 5.10 Å². The Bertz CT molecular complexity index is 404. The summed E-state index contributed by atoms with van der Waals surface area (Å²) >= 11 is 0. The molecule has 0 aliphatic rings. The highest BCUT2D eigenvalue weighted by Crippen LogP contribution is 2.27. The Morgan fingerprint density at radius 3 is 2.81 bits per heavy atom. The number of benzene rings is 1. The van der Waals surface area contributed by atoms with Gasteiger partial charge in [0.25, 0.3) is 5.91 Å². The first kappa shape index (κ1) is 11.8. The number of hydrogen-bond acceptors (Lipinski definition) is 5. The van der Waals surface area contributed by atoms with Crippen molar-refractivity contribution in [3.63, 3.8) is 0 Å². The van der Waals surface area contributed by atoms with Gasteiger partial charge < -0.3 is 21.1 Å². The van der Waals surface area contributed by atoms with Crippen molar-refractivity contribution < 1.29 is 14.3 Å². The number of nitrogens with two attached hydrogens (primary N) is 2. The van der Waals surface area contributed by atoms with Gasteiger partial charge in [0, 0.05) is 0 Å². The van der Waals surface area contributed by atoms with E-state index in [2.05, 4.69) is 5.10 Å². The molecule has 6 nitrogen and oxygen atoms in total. The van der Waals surface area contributed by atoms with Gasteiger partial charge in [-0.15, -0.1) is 0 Å². The number of rotatable bonds is 5. The lowest BCUT2D eigenvalue weighted by atomic mass is 10.2. The third kappa shape index (κ3) is 3.16. The summed E-state index contributed by atoms with van der Waals surface area (Å²) < 4.78 is 10.2. The molecule has 0 saturated carbocycles. The summed E-state index contributed by atoms with van der Waals surface area (Å²) in [5, 5.41) is 3.39. The number of ether oxygens (including phenoxy) is 2. The summed E-state index contributed by atoms with van der Waals surface area (Å²) in [5.41, 5.74) is 5.74. The number of methoxy groups -OCH3 is 1. The Morgan fingerprint density at radius 2 is 2.25 bits per heavy atom. The zero-order chi connectivity index (χ0) is 12.0. The van der Waals surface area contributed by atoms with E-state index in [1.54, 1.807) is 18.2 Å². The van der Waals surface area contributed by atoms with Gasteiger partial charge in [0.15, 0.2) is 18.1 Å². The van der Waals surface area contributed by atoms with E-state index >= 15 is 0 Å². The molecule has 0 aliphatic carbocycles. The van der Waals surface area contributed by atoms with Crippen LogP contribution in [0.4, 0.5) is 0 Å². The fourth-order valence-corrected chi connectivity index (χ4v) is 1.12. The predicted octanol–water partition coefficient (Wildman–Crippen LogP) is -0.148. The quantitative estimate of drug-likeness (QED) is 0.412. The maximum atomic E-state index is 10.6. The fraction of sp³-hybridized carbons (Fsp3) is 0.200. The molecule has 0 aliphatic heterocycles. The molecular weight excluding hydrogens is 210 g/mol. The van der Waals surface area contributed by atoms with Crippen LogP contribution in [0.5, 0.6) is 11.5 Å². The highest BCUT2D eigenvalue weighted by molar-refractivity contribution is 5.80. The standard InChI is InChI=1S/C10H13N3O3/c1-15-9-4-7(5-13-12)2-3-8(9)16-6-10(11)14/h2-5H,6,12H2,1H3,(H2,11,14). The Balaban J connectivity index is 2.88. The minimum absolute atomic E-state index is 0.194. The zero-order valence-electron chi connectivity index (χ0n) is 8.84. The molecule has 4 N–H and O–H groups in total. The van der Waals surface area contributed by atoms with Gasteiger partial charge in [-0.05, 0) is 23.8 Å². The molecule has 1 rings (SSSR count). The number of carbonyl (C=O) groups is 1. The van der Waals surface area contributed by atoms with Gasteiger partial charge in [0.1, 0.15) is 0 Å². The smallest absolute Gasteiger partial charge is 0.255 e. The average Bonchev–Trinajstić information content (AvgIpc) is 2.27. The predicted molar refractivity (Wildman–Crippen MR) is 59.5 cm³/mol. The van der Waals surface area contributed by atoms with Crippen molar-refractivity contribution in [1.29, 1.82) is 0 Å². The van der Waals surface area contributed by atoms with Crippen LogP contribution in [0.3, 0.4) is 0 Å². The molecular formula is C10H13N3O3. The molecule has 1 aromatic carbocycles. The van der Waals surface area contributed by atoms with E-state index in [4.69, 9.17) is 21.1 Å². The number of hydrazone groups is 1. The second-order valence-electron chi connectivity index (χ2n) is 2.94. The Hall–Kier alpha value is -2.24. The van der Waals surface area contributed by atoms with Gasteiger partial charge >= 0.3 is 0 Å². The molecule has 0 unspecified atom stereocenters. The Morgan fingerprint density at radius 1 is 1.50 bits per heavy atom. The first-order valence-corrected chi connectivity index (χ1v) is 4.49. The number of primary amides is 1. The minimum Gasteiger partial charge on any atom is -0.493 e. The second-order valence-corrected chi connectivity index (χ2v) is 2.94. The third-order valence-corrected chi connectivity index (χ3v) is 1.78. The van der Waals surface area contributed by atoms with E-state index in [1.807, 2.05) is 0 Å². The Labute approximate surface area is 92.8 Å². The van der Waals surface area contributed by atoms with Crippen molar-refractivity contribution in [2.24, 2.45) is 16.7 Å². The largest absolute Gasteiger partial charge is 0.493 e. The number of hydrogen-bond donors (Lipinski definition) is 2. The molecule has 0 heterocycles. The van der Waals surface area contributed by atoms with Crippen LogP contribution in [0.25, 0.3) is 0 Å². The van der Waals surface area contributed by atoms with Gasteiger partial charge in [-0.25, -0.2) is 0 Å². The molecule has 1 aromatic rings. The van der Waals surface area contributed by atoms with E-state index in [-0.39, 0.29) is 6.61 Å². The van der Waals surface area contributed by atoms with E-state index < -0.39 is 5.91 Å². The molecule has 6 heteroatoms. The molecule has 0 spiro atoms. The van der Waals surface area contributed by atoms with E-state index in [1.165, 1.54) is 13.3 Å². The van der Waals surface area contributed by atoms with Crippen LogP contribution in [0.2, 0.25) is 0 Å². The summed E-state index contributed by atoms with van der Waals surface area (Å²) in [5.74, 6) is 5.40. The van der Waals surface area contributed by atoms with Crippen LogP contribution < -0.4 is 21.1 Å². The molecule has 0 fully saturated rings. The van der Waals surface area contributed by atoms with Crippen molar-refractivity contribution in [1.82, 2.24) is 0 Å². The second kappa shape index (κ2) is 5.59. The molecule has 86 valence electrons. The van der Waals surface area contributed by atoms with Gasteiger partial charge in [0.05, 0.1) is 13.3 Å². The van der Waals surface area contributed by atoms with Crippen LogP contribution in [-0.4, -0.2) is 25.8 Å². The highest BCUT2D eigenvalue weighted by atomic mass is 16.5. The maximum Gasteiger partial charge on any atom is 0.255 e. The van der Waals surface area contributed by atoms with E-state index in [0.717, 1.165) is 5.56 Å². The van der Waals surface area contributed by atoms with Crippen LogP contribution in [-0.2, 0) is 4.79 Å². The van der Waals surface area contributed by atoms with Crippen molar-refractivity contribution >= 4 is 12.1 Å². The topological polar surface area (TPSA) is 99.9 Å². The minimum atomic E-state index is -0.547. The molecule has 0 radical (unpaired) electrons. The molecule has 0 aromatic heterocycles. The van der Waals surface area contributed by atoms with Crippen molar-refractivity contribution in [2.75, 3.05) is 13.7 Å². The SMILES string of the molecule is COc1cc(C=NN)ccc1OCC(N)=O. The average molecular weight is 223 g/mol. The van der Waals surface area contributed by atoms with Gasteiger partial charge in [-0.1, -0.05) is 0 Å². The lowest BCUT2D eigenvalue weighted by Gasteiger charge is -2.09. The third-order valence-electron chi connectivity index (χ3n) is 1.78. The van der Waals surface area contributed by atoms with Crippen LogP contribution >= 0.6 is 0 Å². The fourth-order valence-electron chi connectivity index (χ4n) is 1.12. The van der Waals surface area contributed by atoms with E-state index in [0.29, 0.717) is 11.5 Å². The molecule has 0 saturated heterocycles. The summed E-state index contributed by atoms with van der Waals surface area (Å²) in [4.78, 5) is 10.6. The molecule has 0 bridgehead atoms. The summed E-state index contributed by atoms with van der Waals surface area (Å²) in [6.45, 7) is -0.194. The van der Waals surface area contributed by atoms with Crippen molar-refractivity contribution in [3.8, 4) is 11.5 Å². The lowest BCUT2D eigenvalue weighted by molar-refractivity contribution is -0.119. The number of nitrogens with zero attached hydrogens (tertiary/aromatic N) is 1. The normalized spacial score (nSPS) is 10.3. The summed E-state index contributed by atoms with van der Waals surface area (Å²) in [6.07, 6.45) is 1.47.